The van der Waals surface area contributed by atoms with E-state index in [2.05, 4.69) is 15.3 Å². The largest absolute Gasteiger partial charge is 0.492 e. The van der Waals surface area contributed by atoms with Crippen molar-refractivity contribution in [1.29, 1.82) is 0 Å². The number of pyridine rings is 1. The van der Waals surface area contributed by atoms with Gasteiger partial charge < -0.3 is 19.8 Å². The van der Waals surface area contributed by atoms with Crippen LogP contribution in [0.2, 0.25) is 5.02 Å². The monoisotopic (exact) mass is 518 g/mol. The molecule has 0 spiro atoms. The first-order valence-electron chi connectivity index (χ1n) is 12.6. The Bertz CT molecular complexity index is 1360. The van der Waals surface area contributed by atoms with Gasteiger partial charge in [0.1, 0.15) is 18.4 Å². The van der Waals surface area contributed by atoms with Crippen molar-refractivity contribution >= 4 is 34.3 Å². The topological polar surface area (TPSA) is 79.5 Å². The number of anilines is 1. The molecule has 8 heteroatoms. The van der Waals surface area contributed by atoms with Crippen LogP contribution in [0, 0.1) is 5.92 Å². The van der Waals surface area contributed by atoms with Crippen LogP contribution in [0.15, 0.2) is 67.0 Å². The average Bonchev–Trinajstić information content (AvgIpc) is 3.28. The molecule has 0 radical (unpaired) electrons. The highest BCUT2D eigenvalue weighted by Crippen LogP contribution is 2.39. The number of halogens is 1. The molecule has 1 atom stereocenters. The predicted octanol–water partition coefficient (Wildman–Crippen LogP) is 6.45. The van der Waals surface area contributed by atoms with Crippen LogP contribution in [0.4, 0.5) is 10.5 Å². The van der Waals surface area contributed by atoms with E-state index in [-0.39, 0.29) is 18.1 Å². The normalized spacial score (nSPS) is 15.0. The van der Waals surface area contributed by atoms with Gasteiger partial charge in [0.15, 0.2) is 0 Å². The second-order valence-electron chi connectivity index (χ2n) is 9.60. The summed E-state index contributed by atoms with van der Waals surface area (Å²) in [6.07, 6.45) is 3.93. The molecule has 3 heterocycles. The first-order chi connectivity index (χ1) is 18.0. The molecule has 37 heavy (non-hydrogen) atoms. The lowest BCUT2D eigenvalue weighted by molar-refractivity contribution is 0.0797. The van der Waals surface area contributed by atoms with Crippen molar-refractivity contribution < 1.29 is 14.3 Å². The molecule has 0 bridgehead atoms. The summed E-state index contributed by atoms with van der Waals surface area (Å²) in [5.41, 5.74) is 5.20. The molecule has 0 saturated heterocycles. The molecule has 2 aromatic carbocycles. The SMILES string of the molecule is CC(C)COC(=O)N1CCc2c([nH]c3ccc(Cl)cc23)C1c1ccc(OCCNc2ccncc2)cc1. The van der Waals surface area contributed by atoms with Gasteiger partial charge >= 0.3 is 6.09 Å². The van der Waals surface area contributed by atoms with E-state index < -0.39 is 0 Å². The van der Waals surface area contributed by atoms with E-state index in [0.717, 1.165) is 40.0 Å². The van der Waals surface area contributed by atoms with Gasteiger partial charge in [0.25, 0.3) is 0 Å². The molecule has 2 aromatic heterocycles. The third-order valence-electron chi connectivity index (χ3n) is 6.44. The molecule has 2 N–H and O–H groups in total. The Hall–Kier alpha value is -3.71. The Morgan fingerprint density at radius 2 is 1.95 bits per heavy atom. The van der Waals surface area contributed by atoms with Crippen LogP contribution in [0.25, 0.3) is 10.9 Å². The third kappa shape index (κ3) is 5.67. The summed E-state index contributed by atoms with van der Waals surface area (Å²) in [4.78, 5) is 22.6. The fraction of sp³-hybridized carbons (Fsp3) is 0.310. The number of H-pyrrole nitrogens is 1. The molecule has 4 aromatic rings. The van der Waals surface area contributed by atoms with Crippen molar-refractivity contribution in [2.24, 2.45) is 5.92 Å². The Balaban J connectivity index is 1.36. The van der Waals surface area contributed by atoms with Crippen LogP contribution in [-0.2, 0) is 11.2 Å². The summed E-state index contributed by atoms with van der Waals surface area (Å²) < 4.78 is 11.6. The highest BCUT2D eigenvalue weighted by Gasteiger charge is 2.35. The third-order valence-corrected chi connectivity index (χ3v) is 6.67. The number of aromatic amines is 1. The van der Waals surface area contributed by atoms with E-state index in [1.165, 1.54) is 5.56 Å². The van der Waals surface area contributed by atoms with E-state index in [1.54, 1.807) is 12.4 Å². The molecule has 1 unspecified atom stereocenters. The Kier molecular flexibility index (Phi) is 7.51. The van der Waals surface area contributed by atoms with Gasteiger partial charge in [-0.05, 0) is 65.9 Å². The lowest BCUT2D eigenvalue weighted by Crippen LogP contribution is -2.41. The van der Waals surface area contributed by atoms with Crippen LogP contribution in [-0.4, -0.2) is 47.3 Å². The summed E-state index contributed by atoms with van der Waals surface area (Å²) in [5, 5.41) is 5.11. The molecule has 5 rings (SSSR count). The lowest BCUT2D eigenvalue weighted by atomic mass is 9.92. The minimum absolute atomic E-state index is 0.266. The number of amides is 1. The van der Waals surface area contributed by atoms with Gasteiger partial charge in [0, 0.05) is 52.8 Å². The lowest BCUT2D eigenvalue weighted by Gasteiger charge is -2.35. The van der Waals surface area contributed by atoms with E-state index in [1.807, 2.05) is 73.3 Å². The number of rotatable bonds is 8. The first kappa shape index (κ1) is 25.0. The number of hydrogen-bond acceptors (Lipinski definition) is 5. The van der Waals surface area contributed by atoms with Gasteiger partial charge in [-0.2, -0.15) is 0 Å². The average molecular weight is 519 g/mol. The fourth-order valence-corrected chi connectivity index (χ4v) is 4.88. The minimum Gasteiger partial charge on any atom is -0.492 e. The van der Waals surface area contributed by atoms with Crippen molar-refractivity contribution in [1.82, 2.24) is 14.9 Å². The van der Waals surface area contributed by atoms with E-state index in [4.69, 9.17) is 21.1 Å². The van der Waals surface area contributed by atoms with Crippen molar-refractivity contribution in [3.63, 3.8) is 0 Å². The van der Waals surface area contributed by atoms with Crippen LogP contribution in [0.5, 0.6) is 5.75 Å². The molecule has 0 aliphatic carbocycles. The summed E-state index contributed by atoms with van der Waals surface area (Å²) in [6.45, 7) is 6.21. The van der Waals surface area contributed by atoms with Gasteiger partial charge in [-0.25, -0.2) is 4.79 Å². The predicted molar refractivity (Wildman–Crippen MR) is 146 cm³/mol. The number of aromatic nitrogens is 2. The van der Waals surface area contributed by atoms with Gasteiger partial charge in [0.05, 0.1) is 6.61 Å². The zero-order valence-corrected chi connectivity index (χ0v) is 21.8. The van der Waals surface area contributed by atoms with Gasteiger partial charge in [-0.3, -0.25) is 9.88 Å². The summed E-state index contributed by atoms with van der Waals surface area (Å²) in [6, 6.07) is 17.4. The number of carbonyl (C=O) groups excluding carboxylic acids is 1. The van der Waals surface area contributed by atoms with Crippen LogP contribution in [0.3, 0.4) is 0 Å². The first-order valence-corrected chi connectivity index (χ1v) is 13.0. The molecule has 1 aliphatic heterocycles. The molecule has 192 valence electrons. The van der Waals surface area contributed by atoms with Crippen molar-refractivity contribution in [2.75, 3.05) is 31.6 Å². The van der Waals surface area contributed by atoms with E-state index in [0.29, 0.717) is 31.3 Å². The fourth-order valence-electron chi connectivity index (χ4n) is 4.71. The molecular weight excluding hydrogens is 488 g/mol. The molecule has 7 nitrogen and oxygen atoms in total. The maximum absolute atomic E-state index is 13.2. The second kappa shape index (κ2) is 11.1. The molecule has 1 aliphatic rings. The Morgan fingerprint density at radius 3 is 2.70 bits per heavy atom. The van der Waals surface area contributed by atoms with Crippen LogP contribution < -0.4 is 10.1 Å². The van der Waals surface area contributed by atoms with Gasteiger partial charge in [0.2, 0.25) is 0 Å². The number of benzene rings is 2. The van der Waals surface area contributed by atoms with E-state index in [9.17, 15) is 4.79 Å². The zero-order chi connectivity index (χ0) is 25.8. The van der Waals surface area contributed by atoms with E-state index >= 15 is 0 Å². The zero-order valence-electron chi connectivity index (χ0n) is 21.0. The minimum atomic E-state index is -0.302. The second-order valence-corrected chi connectivity index (χ2v) is 10.0. The van der Waals surface area contributed by atoms with Gasteiger partial charge in [-0.1, -0.05) is 37.6 Å². The highest BCUT2D eigenvalue weighted by atomic mass is 35.5. The number of nitrogens with zero attached hydrogens (tertiary/aromatic N) is 2. The number of carbonyl (C=O) groups is 1. The quantitative estimate of drug-likeness (QED) is 0.262. The van der Waals surface area contributed by atoms with Crippen molar-refractivity contribution in [3.8, 4) is 5.75 Å². The number of nitrogens with one attached hydrogen (secondary N) is 2. The van der Waals surface area contributed by atoms with Crippen molar-refractivity contribution in [3.05, 3.63) is 88.8 Å². The van der Waals surface area contributed by atoms with Gasteiger partial charge in [-0.15, -0.1) is 0 Å². The number of hydrogen-bond donors (Lipinski definition) is 2. The molecule has 0 fully saturated rings. The highest BCUT2D eigenvalue weighted by molar-refractivity contribution is 6.31. The number of fused-ring (bicyclic) bond motifs is 3. The van der Waals surface area contributed by atoms with Crippen LogP contribution in [0.1, 0.15) is 36.7 Å². The maximum atomic E-state index is 13.2. The summed E-state index contributed by atoms with van der Waals surface area (Å²) >= 11 is 6.31. The maximum Gasteiger partial charge on any atom is 0.410 e. The molecule has 0 saturated carbocycles. The number of ether oxygens (including phenoxy) is 2. The smallest absolute Gasteiger partial charge is 0.410 e. The Labute approximate surface area is 221 Å². The Morgan fingerprint density at radius 1 is 1.16 bits per heavy atom. The molecule has 1 amide bonds. The van der Waals surface area contributed by atoms with Crippen LogP contribution >= 0.6 is 11.6 Å². The standard InChI is InChI=1S/C29H31ClN4O3/c1-19(2)18-37-29(35)34-15-11-24-25-17-21(30)5-8-26(25)33-27(24)28(34)20-3-6-23(7-4-20)36-16-14-32-22-9-12-31-13-10-22/h3-10,12-13,17,19,28,33H,11,14-16,18H2,1-2H3,(H,31,32). The van der Waals surface area contributed by atoms with Crippen molar-refractivity contribution in [2.45, 2.75) is 26.3 Å². The molecular formula is C29H31ClN4O3. The summed E-state index contributed by atoms with van der Waals surface area (Å²) in [7, 11) is 0. The summed E-state index contributed by atoms with van der Waals surface area (Å²) in [5.74, 6) is 1.04.